The van der Waals surface area contributed by atoms with Crippen LogP contribution in [0, 0.1) is 17.1 Å². The number of amides is 1. The monoisotopic (exact) mass is 290 g/mol. The molecule has 0 aromatic heterocycles. The standard InChI is InChI=1S/C14H8ClFN2O2/c15-11-4-1-8(7-17)5-12(11)18-14(20)10-3-2-9(16)6-13(10)19/h1-6,19H,(H,18,20). The van der Waals surface area contributed by atoms with Gasteiger partial charge in [0.15, 0.2) is 0 Å². The zero-order valence-electron chi connectivity index (χ0n) is 10.0. The summed E-state index contributed by atoms with van der Waals surface area (Å²) in [5.74, 6) is -1.78. The van der Waals surface area contributed by atoms with Crippen molar-refractivity contribution in [1.82, 2.24) is 0 Å². The van der Waals surface area contributed by atoms with Crippen LogP contribution in [-0.4, -0.2) is 11.0 Å². The van der Waals surface area contributed by atoms with E-state index in [4.69, 9.17) is 16.9 Å². The largest absolute Gasteiger partial charge is 0.507 e. The lowest BCUT2D eigenvalue weighted by Crippen LogP contribution is -2.12. The molecule has 6 heteroatoms. The highest BCUT2D eigenvalue weighted by Crippen LogP contribution is 2.25. The van der Waals surface area contributed by atoms with E-state index in [9.17, 15) is 14.3 Å². The highest BCUT2D eigenvalue weighted by Gasteiger charge is 2.13. The molecule has 1 amide bonds. The molecule has 0 fully saturated rings. The third kappa shape index (κ3) is 2.87. The number of benzene rings is 2. The van der Waals surface area contributed by atoms with Gasteiger partial charge in [-0.3, -0.25) is 4.79 Å². The molecule has 4 nitrogen and oxygen atoms in total. The predicted molar refractivity (Wildman–Crippen MR) is 72.2 cm³/mol. The predicted octanol–water partition coefficient (Wildman–Crippen LogP) is 3.31. The Morgan fingerprint density at radius 1 is 1.30 bits per heavy atom. The molecule has 0 spiro atoms. The molecule has 100 valence electrons. The fourth-order valence-electron chi connectivity index (χ4n) is 1.58. The van der Waals surface area contributed by atoms with E-state index in [2.05, 4.69) is 5.32 Å². The van der Waals surface area contributed by atoms with Crippen molar-refractivity contribution in [3.63, 3.8) is 0 Å². The second-order valence-electron chi connectivity index (χ2n) is 3.92. The number of phenols is 1. The normalized spacial score (nSPS) is 9.85. The van der Waals surface area contributed by atoms with Crippen LogP contribution in [0.25, 0.3) is 0 Å². The van der Waals surface area contributed by atoms with Crippen LogP contribution in [0.15, 0.2) is 36.4 Å². The molecule has 0 atom stereocenters. The fraction of sp³-hybridized carbons (Fsp3) is 0. The Morgan fingerprint density at radius 3 is 2.70 bits per heavy atom. The quantitative estimate of drug-likeness (QED) is 0.891. The first-order valence-corrected chi connectivity index (χ1v) is 5.88. The van der Waals surface area contributed by atoms with Gasteiger partial charge in [-0.05, 0) is 30.3 Å². The zero-order valence-corrected chi connectivity index (χ0v) is 10.8. The number of hydrogen-bond donors (Lipinski definition) is 2. The Balaban J connectivity index is 2.30. The second-order valence-corrected chi connectivity index (χ2v) is 4.33. The van der Waals surface area contributed by atoms with Crippen LogP contribution in [0.2, 0.25) is 5.02 Å². The van der Waals surface area contributed by atoms with Crippen LogP contribution in [0.3, 0.4) is 0 Å². The Hall–Kier alpha value is -2.58. The maximum absolute atomic E-state index is 12.9. The van der Waals surface area contributed by atoms with Crippen molar-refractivity contribution in [2.45, 2.75) is 0 Å². The summed E-state index contributed by atoms with van der Waals surface area (Å²) in [6.07, 6.45) is 0. The number of nitrogens with zero attached hydrogens (tertiary/aromatic N) is 1. The molecule has 0 saturated carbocycles. The van der Waals surface area contributed by atoms with Gasteiger partial charge in [0, 0.05) is 6.07 Å². The van der Waals surface area contributed by atoms with Gasteiger partial charge in [-0.2, -0.15) is 5.26 Å². The van der Waals surface area contributed by atoms with Gasteiger partial charge in [-0.1, -0.05) is 11.6 Å². The Bertz CT molecular complexity index is 726. The van der Waals surface area contributed by atoms with Gasteiger partial charge >= 0.3 is 0 Å². The number of rotatable bonds is 2. The highest BCUT2D eigenvalue weighted by atomic mass is 35.5. The van der Waals surface area contributed by atoms with Crippen molar-refractivity contribution in [3.05, 3.63) is 58.4 Å². The number of nitrogens with one attached hydrogen (secondary N) is 1. The minimum absolute atomic E-state index is 0.0928. The van der Waals surface area contributed by atoms with Gasteiger partial charge in [0.1, 0.15) is 11.6 Å². The third-order valence-corrected chi connectivity index (χ3v) is 2.88. The molecule has 0 radical (unpaired) electrons. The number of hydrogen-bond acceptors (Lipinski definition) is 3. The smallest absolute Gasteiger partial charge is 0.259 e. The maximum Gasteiger partial charge on any atom is 0.259 e. The summed E-state index contributed by atoms with van der Waals surface area (Å²) < 4.78 is 12.9. The molecule has 0 aliphatic rings. The number of anilines is 1. The molecule has 0 bridgehead atoms. The Kier molecular flexibility index (Phi) is 3.87. The topological polar surface area (TPSA) is 73.1 Å². The molecule has 0 unspecified atom stereocenters. The highest BCUT2D eigenvalue weighted by molar-refractivity contribution is 6.34. The summed E-state index contributed by atoms with van der Waals surface area (Å²) >= 11 is 5.90. The van der Waals surface area contributed by atoms with Crippen LogP contribution >= 0.6 is 11.6 Å². The minimum Gasteiger partial charge on any atom is -0.507 e. The summed E-state index contributed by atoms with van der Waals surface area (Å²) in [5, 5.41) is 21.0. The number of carbonyl (C=O) groups excluding carboxylic acids is 1. The number of phenolic OH excluding ortho intramolecular Hbond substituents is 1. The summed E-state index contributed by atoms with van der Waals surface area (Å²) in [4.78, 5) is 12.0. The first kappa shape index (κ1) is 13.8. The lowest BCUT2D eigenvalue weighted by Gasteiger charge is -2.08. The first-order chi connectivity index (χ1) is 9.51. The molecule has 2 aromatic carbocycles. The first-order valence-electron chi connectivity index (χ1n) is 5.51. The van der Waals surface area contributed by atoms with Gasteiger partial charge in [0.05, 0.1) is 27.9 Å². The van der Waals surface area contributed by atoms with E-state index >= 15 is 0 Å². The number of halogens is 2. The van der Waals surface area contributed by atoms with Gasteiger partial charge in [-0.15, -0.1) is 0 Å². The van der Waals surface area contributed by atoms with Crippen LogP contribution in [-0.2, 0) is 0 Å². The molecule has 20 heavy (non-hydrogen) atoms. The molecule has 2 rings (SSSR count). The fourth-order valence-corrected chi connectivity index (χ4v) is 1.74. The summed E-state index contributed by atoms with van der Waals surface area (Å²) in [5.41, 5.74) is 0.470. The van der Waals surface area contributed by atoms with E-state index in [0.717, 1.165) is 18.2 Å². The zero-order chi connectivity index (χ0) is 14.7. The molecular formula is C14H8ClFN2O2. The second kappa shape index (κ2) is 5.59. The molecule has 2 N–H and O–H groups in total. The van der Waals surface area contributed by atoms with Crippen molar-refractivity contribution in [2.24, 2.45) is 0 Å². The summed E-state index contributed by atoms with van der Waals surface area (Å²) in [7, 11) is 0. The van der Waals surface area contributed by atoms with Gasteiger partial charge in [0.25, 0.3) is 5.91 Å². The van der Waals surface area contributed by atoms with Gasteiger partial charge < -0.3 is 10.4 Å². The minimum atomic E-state index is -0.653. The van der Waals surface area contributed by atoms with E-state index in [-0.39, 0.29) is 16.3 Å². The van der Waals surface area contributed by atoms with E-state index in [1.165, 1.54) is 18.2 Å². The Morgan fingerprint density at radius 2 is 2.05 bits per heavy atom. The van der Waals surface area contributed by atoms with E-state index in [0.29, 0.717) is 5.56 Å². The Labute approximate surface area is 119 Å². The lowest BCUT2D eigenvalue weighted by atomic mass is 10.1. The summed E-state index contributed by atoms with van der Waals surface area (Å²) in [6.45, 7) is 0. The average molecular weight is 291 g/mol. The van der Waals surface area contributed by atoms with Crippen LogP contribution in [0.5, 0.6) is 5.75 Å². The number of aromatic hydroxyl groups is 1. The molecule has 2 aromatic rings. The molecule has 0 aliphatic carbocycles. The van der Waals surface area contributed by atoms with Gasteiger partial charge in [0.2, 0.25) is 0 Å². The lowest BCUT2D eigenvalue weighted by molar-refractivity contribution is 0.102. The van der Waals surface area contributed by atoms with E-state index in [1.54, 1.807) is 0 Å². The van der Waals surface area contributed by atoms with Crippen molar-refractivity contribution >= 4 is 23.2 Å². The van der Waals surface area contributed by atoms with Crippen molar-refractivity contribution < 1.29 is 14.3 Å². The molecule has 0 saturated heterocycles. The molecular weight excluding hydrogens is 283 g/mol. The van der Waals surface area contributed by atoms with Crippen molar-refractivity contribution in [3.8, 4) is 11.8 Å². The SMILES string of the molecule is N#Cc1ccc(Cl)c(NC(=O)c2ccc(F)cc2O)c1. The van der Waals surface area contributed by atoms with E-state index in [1.807, 2.05) is 6.07 Å². The maximum atomic E-state index is 12.9. The number of nitriles is 1. The third-order valence-electron chi connectivity index (χ3n) is 2.55. The van der Waals surface area contributed by atoms with Crippen LogP contribution < -0.4 is 5.32 Å². The van der Waals surface area contributed by atoms with Crippen LogP contribution in [0.4, 0.5) is 10.1 Å². The molecule has 0 heterocycles. The van der Waals surface area contributed by atoms with Gasteiger partial charge in [-0.25, -0.2) is 4.39 Å². The van der Waals surface area contributed by atoms with Crippen molar-refractivity contribution in [2.75, 3.05) is 5.32 Å². The van der Waals surface area contributed by atoms with Crippen molar-refractivity contribution in [1.29, 1.82) is 5.26 Å². The number of carbonyl (C=O) groups is 1. The average Bonchev–Trinajstić information content (AvgIpc) is 2.41. The summed E-state index contributed by atoms with van der Waals surface area (Å²) in [6, 6.07) is 9.35. The van der Waals surface area contributed by atoms with Crippen LogP contribution in [0.1, 0.15) is 15.9 Å². The molecule has 0 aliphatic heterocycles. The van der Waals surface area contributed by atoms with E-state index < -0.39 is 17.5 Å².